The van der Waals surface area contributed by atoms with Crippen molar-refractivity contribution in [3.8, 4) is 5.75 Å². The third-order valence-corrected chi connectivity index (χ3v) is 7.08. The zero-order chi connectivity index (χ0) is 19.9. The molecule has 1 spiro atoms. The number of piperidine rings is 1. The largest absolute Gasteiger partial charge is 0.497 e. The van der Waals surface area contributed by atoms with E-state index in [9.17, 15) is 13.2 Å². The Hall–Kier alpha value is -2.06. The molecule has 2 aliphatic rings. The topological polar surface area (TPSA) is 91.5 Å². The van der Waals surface area contributed by atoms with Gasteiger partial charge in [-0.3, -0.25) is 4.79 Å². The molecule has 0 radical (unpaired) electrons. The van der Waals surface area contributed by atoms with Crippen LogP contribution < -0.4 is 9.46 Å². The van der Waals surface area contributed by atoms with E-state index in [0.29, 0.717) is 18.8 Å². The summed E-state index contributed by atoms with van der Waals surface area (Å²) in [6.45, 7) is 1.30. The molecule has 7 nitrogen and oxygen atoms in total. The SMILES string of the molecule is COc1ccc2[nH]c(C(=O)N3CCC4(CCCC4NS(C)(=O)=O)CC3)cc2c1. The van der Waals surface area contributed by atoms with E-state index in [2.05, 4.69) is 9.71 Å². The quantitative estimate of drug-likeness (QED) is 0.818. The van der Waals surface area contributed by atoms with Gasteiger partial charge in [-0.1, -0.05) is 6.42 Å². The van der Waals surface area contributed by atoms with E-state index < -0.39 is 10.0 Å². The van der Waals surface area contributed by atoms with Crippen LogP contribution in [-0.2, 0) is 10.0 Å². The Morgan fingerprint density at radius 2 is 2.00 bits per heavy atom. The van der Waals surface area contributed by atoms with E-state index in [4.69, 9.17) is 4.74 Å². The molecule has 1 saturated carbocycles. The van der Waals surface area contributed by atoms with Gasteiger partial charge >= 0.3 is 0 Å². The lowest BCUT2D eigenvalue weighted by atomic mass is 9.74. The molecule has 8 heteroatoms. The standard InChI is InChI=1S/C20H27N3O4S/c1-27-15-5-6-16-14(12-15)13-17(21-16)19(24)23-10-8-20(9-11-23)7-3-4-18(20)22-28(2,25)26/h5-6,12-13,18,21-22H,3-4,7-11H2,1-2H3. The molecule has 2 fully saturated rings. The molecule has 1 aromatic heterocycles. The molecule has 1 aliphatic heterocycles. The Labute approximate surface area is 165 Å². The van der Waals surface area contributed by atoms with Crippen molar-refractivity contribution in [3.63, 3.8) is 0 Å². The highest BCUT2D eigenvalue weighted by molar-refractivity contribution is 7.88. The first-order chi connectivity index (χ1) is 13.3. The van der Waals surface area contributed by atoms with Gasteiger partial charge in [0.1, 0.15) is 11.4 Å². The van der Waals surface area contributed by atoms with Gasteiger partial charge in [-0.2, -0.15) is 0 Å². The number of hydrogen-bond acceptors (Lipinski definition) is 4. The van der Waals surface area contributed by atoms with Crippen molar-refractivity contribution in [1.29, 1.82) is 0 Å². The number of sulfonamides is 1. The zero-order valence-corrected chi connectivity index (χ0v) is 17.1. The first kappa shape index (κ1) is 19.3. The number of ether oxygens (including phenoxy) is 1. The predicted octanol–water partition coefficient (Wildman–Crippen LogP) is 2.50. The van der Waals surface area contributed by atoms with Crippen molar-refractivity contribution in [1.82, 2.24) is 14.6 Å². The maximum atomic E-state index is 13.0. The average molecular weight is 406 g/mol. The number of aromatic nitrogens is 1. The minimum atomic E-state index is -3.22. The number of carbonyl (C=O) groups is 1. The van der Waals surface area contributed by atoms with Gasteiger partial charge < -0.3 is 14.6 Å². The number of amides is 1. The summed E-state index contributed by atoms with van der Waals surface area (Å²) in [6, 6.07) is 7.55. The Kier molecular flexibility index (Phi) is 4.87. The van der Waals surface area contributed by atoms with Crippen LogP contribution in [0.5, 0.6) is 5.75 Å². The summed E-state index contributed by atoms with van der Waals surface area (Å²) in [5, 5.41) is 0.949. The molecule has 1 unspecified atom stereocenters. The Morgan fingerprint density at radius 1 is 1.25 bits per heavy atom. The molecule has 1 atom stereocenters. The molecule has 28 heavy (non-hydrogen) atoms. The van der Waals surface area contributed by atoms with Crippen LogP contribution >= 0.6 is 0 Å². The molecule has 1 saturated heterocycles. The number of rotatable bonds is 4. The summed E-state index contributed by atoms with van der Waals surface area (Å²) in [6.07, 6.45) is 5.83. The van der Waals surface area contributed by atoms with E-state index in [1.807, 2.05) is 29.2 Å². The van der Waals surface area contributed by atoms with E-state index in [-0.39, 0.29) is 17.4 Å². The fourth-order valence-electron chi connectivity index (χ4n) is 4.86. The number of likely N-dealkylation sites (tertiary alicyclic amines) is 1. The molecule has 0 bridgehead atoms. The molecule has 152 valence electrons. The van der Waals surface area contributed by atoms with Crippen molar-refractivity contribution in [2.45, 2.75) is 38.1 Å². The number of methoxy groups -OCH3 is 1. The number of fused-ring (bicyclic) bond motifs is 1. The monoisotopic (exact) mass is 405 g/mol. The van der Waals surface area contributed by atoms with Crippen molar-refractivity contribution >= 4 is 26.8 Å². The van der Waals surface area contributed by atoms with E-state index >= 15 is 0 Å². The van der Waals surface area contributed by atoms with Gasteiger partial charge in [0.05, 0.1) is 13.4 Å². The molecule has 1 aliphatic carbocycles. The first-order valence-corrected chi connectivity index (χ1v) is 11.6. The van der Waals surface area contributed by atoms with Crippen LogP contribution in [0, 0.1) is 5.41 Å². The Balaban J connectivity index is 1.47. The van der Waals surface area contributed by atoms with Crippen molar-refractivity contribution in [2.75, 3.05) is 26.5 Å². The normalized spacial score (nSPS) is 22.1. The lowest BCUT2D eigenvalue weighted by Gasteiger charge is -2.43. The molecule has 2 aromatic rings. The van der Waals surface area contributed by atoms with Gasteiger partial charge in [0.15, 0.2) is 0 Å². The summed E-state index contributed by atoms with van der Waals surface area (Å²) in [5.41, 5.74) is 1.47. The second-order valence-corrected chi connectivity index (χ2v) is 9.91. The number of nitrogens with zero attached hydrogens (tertiary/aromatic N) is 1. The van der Waals surface area contributed by atoms with Crippen LogP contribution in [0.3, 0.4) is 0 Å². The predicted molar refractivity (Wildman–Crippen MR) is 108 cm³/mol. The van der Waals surface area contributed by atoms with Crippen LogP contribution in [0.25, 0.3) is 10.9 Å². The summed E-state index contributed by atoms with van der Waals surface area (Å²) in [7, 11) is -1.60. The van der Waals surface area contributed by atoms with Gasteiger partial charge in [-0.05, 0) is 55.4 Å². The van der Waals surface area contributed by atoms with Gasteiger partial charge in [-0.25, -0.2) is 13.1 Å². The lowest BCUT2D eigenvalue weighted by molar-refractivity contribution is 0.0540. The smallest absolute Gasteiger partial charge is 0.270 e. The van der Waals surface area contributed by atoms with E-state index in [1.165, 1.54) is 6.26 Å². The number of nitrogens with one attached hydrogen (secondary N) is 2. The number of H-pyrrole nitrogens is 1. The average Bonchev–Trinajstić information content (AvgIpc) is 3.24. The molecule has 1 aromatic carbocycles. The Morgan fingerprint density at radius 3 is 2.68 bits per heavy atom. The molecular formula is C20H27N3O4S. The van der Waals surface area contributed by atoms with Crippen molar-refractivity contribution < 1.29 is 17.9 Å². The van der Waals surface area contributed by atoms with Crippen LogP contribution in [0.4, 0.5) is 0 Å². The highest BCUT2D eigenvalue weighted by Crippen LogP contribution is 2.46. The number of carbonyl (C=O) groups excluding carboxylic acids is 1. The zero-order valence-electron chi connectivity index (χ0n) is 16.3. The third-order valence-electron chi connectivity index (χ3n) is 6.37. The van der Waals surface area contributed by atoms with Gasteiger partial charge in [-0.15, -0.1) is 0 Å². The Bertz CT molecular complexity index is 990. The molecule has 2 N–H and O–H groups in total. The summed E-state index contributed by atoms with van der Waals surface area (Å²) >= 11 is 0. The van der Waals surface area contributed by atoms with Crippen LogP contribution in [0.2, 0.25) is 0 Å². The fraction of sp³-hybridized carbons (Fsp3) is 0.550. The van der Waals surface area contributed by atoms with Gasteiger partial charge in [0, 0.05) is 30.0 Å². The van der Waals surface area contributed by atoms with Gasteiger partial charge in [0.25, 0.3) is 5.91 Å². The van der Waals surface area contributed by atoms with E-state index in [0.717, 1.165) is 48.8 Å². The number of aromatic amines is 1. The summed E-state index contributed by atoms with van der Waals surface area (Å²) < 4.78 is 31.5. The summed E-state index contributed by atoms with van der Waals surface area (Å²) in [5.74, 6) is 0.756. The van der Waals surface area contributed by atoms with Crippen molar-refractivity contribution in [3.05, 3.63) is 30.0 Å². The summed E-state index contributed by atoms with van der Waals surface area (Å²) in [4.78, 5) is 18.1. The van der Waals surface area contributed by atoms with Crippen LogP contribution in [0.1, 0.15) is 42.6 Å². The molecule has 2 heterocycles. The fourth-order valence-corrected chi connectivity index (χ4v) is 5.74. The van der Waals surface area contributed by atoms with Gasteiger partial charge in [0.2, 0.25) is 10.0 Å². The van der Waals surface area contributed by atoms with Crippen LogP contribution in [-0.4, -0.2) is 56.7 Å². The third kappa shape index (κ3) is 3.63. The maximum absolute atomic E-state index is 13.0. The lowest BCUT2D eigenvalue weighted by Crippen LogP contribution is -2.51. The molecular weight excluding hydrogens is 378 g/mol. The second-order valence-electron chi connectivity index (χ2n) is 8.13. The minimum Gasteiger partial charge on any atom is -0.497 e. The minimum absolute atomic E-state index is 0.00404. The highest BCUT2D eigenvalue weighted by Gasteiger charge is 2.46. The maximum Gasteiger partial charge on any atom is 0.270 e. The number of hydrogen-bond donors (Lipinski definition) is 2. The van der Waals surface area contributed by atoms with Crippen LogP contribution in [0.15, 0.2) is 24.3 Å². The number of benzene rings is 1. The van der Waals surface area contributed by atoms with Crippen molar-refractivity contribution in [2.24, 2.45) is 5.41 Å². The molecule has 1 amide bonds. The molecule has 4 rings (SSSR count). The first-order valence-electron chi connectivity index (χ1n) is 9.73. The second kappa shape index (κ2) is 7.08. The van der Waals surface area contributed by atoms with E-state index in [1.54, 1.807) is 7.11 Å². The highest BCUT2D eigenvalue weighted by atomic mass is 32.2.